The zero-order valence-corrected chi connectivity index (χ0v) is 17.1. The van der Waals surface area contributed by atoms with Gasteiger partial charge in [0.1, 0.15) is 5.92 Å². The Morgan fingerprint density at radius 2 is 1.76 bits per heavy atom. The lowest BCUT2D eigenvalue weighted by Gasteiger charge is -2.38. The van der Waals surface area contributed by atoms with Crippen molar-refractivity contribution in [2.45, 2.75) is 57.4 Å². The van der Waals surface area contributed by atoms with Crippen LogP contribution in [0.4, 0.5) is 0 Å². The molecule has 0 radical (unpaired) electrons. The largest absolute Gasteiger partial charge is 0.369 e. The van der Waals surface area contributed by atoms with Gasteiger partial charge in [0.05, 0.1) is 11.6 Å². The smallest absolute Gasteiger partial charge is 0.235 e. The summed E-state index contributed by atoms with van der Waals surface area (Å²) in [5.74, 6) is -1.18. The maximum Gasteiger partial charge on any atom is 0.235 e. The average Bonchev–Trinajstić information content (AvgIpc) is 2.76. The zero-order valence-electron chi connectivity index (χ0n) is 17.1. The van der Waals surface area contributed by atoms with E-state index >= 15 is 0 Å². The van der Waals surface area contributed by atoms with Crippen LogP contribution >= 0.6 is 0 Å². The third kappa shape index (κ3) is 5.57. The molecule has 1 aliphatic heterocycles. The van der Waals surface area contributed by atoms with E-state index in [1.807, 2.05) is 17.0 Å². The first-order chi connectivity index (χ1) is 14.1. The van der Waals surface area contributed by atoms with Crippen LogP contribution in [0.25, 0.3) is 0 Å². The Kier molecular flexibility index (Phi) is 7.65. The molecule has 6 heteroatoms. The molecule has 0 aromatic heterocycles. The number of amides is 2. The third-order valence-corrected chi connectivity index (χ3v) is 6.45. The number of benzene rings is 1. The van der Waals surface area contributed by atoms with E-state index in [2.05, 4.69) is 11.4 Å². The van der Waals surface area contributed by atoms with Crippen LogP contribution in [0.15, 0.2) is 24.3 Å². The lowest BCUT2D eigenvalue weighted by molar-refractivity contribution is -0.146. The van der Waals surface area contributed by atoms with Gasteiger partial charge in [-0.15, -0.1) is 0 Å². The Balaban J connectivity index is 1.76. The van der Waals surface area contributed by atoms with Crippen molar-refractivity contribution in [1.29, 1.82) is 5.26 Å². The van der Waals surface area contributed by atoms with Gasteiger partial charge in [0.15, 0.2) is 0 Å². The van der Waals surface area contributed by atoms with Gasteiger partial charge in [0, 0.05) is 12.6 Å². The molecular formula is C23H32N4O2. The average molecular weight is 397 g/mol. The summed E-state index contributed by atoms with van der Waals surface area (Å²) in [7, 11) is 0. The number of hydrogen-bond donors (Lipinski definition) is 2. The Morgan fingerprint density at radius 3 is 2.34 bits per heavy atom. The fourth-order valence-electron chi connectivity index (χ4n) is 4.79. The molecule has 156 valence electrons. The summed E-state index contributed by atoms with van der Waals surface area (Å²) in [4.78, 5) is 27.8. The molecule has 1 aromatic carbocycles. The van der Waals surface area contributed by atoms with Crippen molar-refractivity contribution >= 4 is 11.8 Å². The Labute approximate surface area is 173 Å². The number of carbonyl (C=O) groups excluding carboxylic acids is 2. The van der Waals surface area contributed by atoms with Crippen molar-refractivity contribution in [2.75, 3.05) is 19.6 Å². The van der Waals surface area contributed by atoms with Crippen molar-refractivity contribution in [3.05, 3.63) is 35.4 Å². The second-order valence-corrected chi connectivity index (χ2v) is 8.35. The molecule has 29 heavy (non-hydrogen) atoms. The number of primary amides is 1. The standard InChI is InChI=1S/C23H32N4O2/c24-16-18-8-6-17(7-9-18)12-15-27(20-10-13-26-14-11-20)23(29)21(22(25)28)19-4-2-1-3-5-19/h6-9,19-21,26H,1-5,10-15H2,(H2,25,28). The Morgan fingerprint density at radius 1 is 1.10 bits per heavy atom. The van der Waals surface area contributed by atoms with Crippen molar-refractivity contribution in [1.82, 2.24) is 10.2 Å². The van der Waals surface area contributed by atoms with Crippen molar-refractivity contribution in [3.8, 4) is 6.07 Å². The van der Waals surface area contributed by atoms with Crippen LogP contribution in [-0.2, 0) is 16.0 Å². The molecule has 2 fully saturated rings. The Bertz CT molecular complexity index is 728. The minimum atomic E-state index is -0.703. The summed E-state index contributed by atoms with van der Waals surface area (Å²) < 4.78 is 0. The minimum Gasteiger partial charge on any atom is -0.369 e. The quantitative estimate of drug-likeness (QED) is 0.691. The molecule has 2 amide bonds. The van der Waals surface area contributed by atoms with Gasteiger partial charge >= 0.3 is 0 Å². The number of nitrogens with one attached hydrogen (secondary N) is 1. The lowest BCUT2D eigenvalue weighted by Crippen LogP contribution is -2.52. The van der Waals surface area contributed by atoms with Crippen LogP contribution < -0.4 is 11.1 Å². The van der Waals surface area contributed by atoms with Crippen LogP contribution in [0.2, 0.25) is 0 Å². The second-order valence-electron chi connectivity index (χ2n) is 8.35. The summed E-state index contributed by atoms with van der Waals surface area (Å²) in [5, 5.41) is 12.3. The molecule has 1 aromatic rings. The van der Waals surface area contributed by atoms with Crippen molar-refractivity contribution in [3.63, 3.8) is 0 Å². The summed E-state index contributed by atoms with van der Waals surface area (Å²) in [5.41, 5.74) is 7.46. The maximum atomic E-state index is 13.6. The van der Waals surface area contributed by atoms with E-state index in [4.69, 9.17) is 11.0 Å². The summed E-state index contributed by atoms with van der Waals surface area (Å²) in [6.07, 6.45) is 7.64. The number of nitrogens with two attached hydrogens (primary N) is 1. The molecule has 0 bridgehead atoms. The monoisotopic (exact) mass is 396 g/mol. The van der Waals surface area contributed by atoms with Crippen LogP contribution in [0, 0.1) is 23.2 Å². The summed E-state index contributed by atoms with van der Waals surface area (Å²) in [6.45, 7) is 2.35. The molecule has 6 nitrogen and oxygen atoms in total. The van der Waals surface area contributed by atoms with E-state index < -0.39 is 11.8 Å². The number of piperidine rings is 1. The van der Waals surface area contributed by atoms with Crippen molar-refractivity contribution in [2.24, 2.45) is 17.6 Å². The summed E-state index contributed by atoms with van der Waals surface area (Å²) >= 11 is 0. The molecule has 1 unspecified atom stereocenters. The predicted molar refractivity (Wildman–Crippen MR) is 112 cm³/mol. The highest BCUT2D eigenvalue weighted by Crippen LogP contribution is 2.32. The maximum absolute atomic E-state index is 13.6. The highest BCUT2D eigenvalue weighted by Gasteiger charge is 2.38. The third-order valence-electron chi connectivity index (χ3n) is 6.45. The second kappa shape index (κ2) is 10.4. The topological polar surface area (TPSA) is 99.2 Å². The normalized spacial score (nSPS) is 19.3. The first-order valence-electron chi connectivity index (χ1n) is 10.9. The molecule has 3 N–H and O–H groups in total. The van der Waals surface area contributed by atoms with Crippen LogP contribution in [-0.4, -0.2) is 42.4 Å². The number of nitrogens with zero attached hydrogens (tertiary/aromatic N) is 2. The van der Waals surface area contributed by atoms with Crippen LogP contribution in [0.3, 0.4) is 0 Å². The number of hydrogen-bond acceptors (Lipinski definition) is 4. The van der Waals surface area contributed by atoms with E-state index in [9.17, 15) is 9.59 Å². The molecule has 1 saturated carbocycles. The van der Waals surface area contributed by atoms with Gasteiger partial charge in [-0.25, -0.2) is 0 Å². The molecule has 0 spiro atoms. The van der Waals surface area contributed by atoms with Gasteiger partial charge in [0.2, 0.25) is 11.8 Å². The summed E-state index contributed by atoms with van der Waals surface area (Å²) in [6, 6.07) is 9.77. The SMILES string of the molecule is N#Cc1ccc(CCN(C(=O)C(C(N)=O)C2CCCCC2)C2CCNCC2)cc1. The zero-order chi connectivity index (χ0) is 20.6. The predicted octanol–water partition coefficient (Wildman–Crippen LogP) is 2.36. The van der Waals surface area contributed by atoms with Gasteiger partial charge in [-0.05, 0) is 68.8 Å². The van der Waals surface area contributed by atoms with Gasteiger partial charge in [-0.3, -0.25) is 9.59 Å². The molecule has 1 atom stereocenters. The minimum absolute atomic E-state index is 0.0767. The molecule has 2 aliphatic rings. The first-order valence-corrected chi connectivity index (χ1v) is 10.9. The molecule has 1 aliphatic carbocycles. The highest BCUT2D eigenvalue weighted by molar-refractivity contribution is 6.00. The van der Waals surface area contributed by atoms with Gasteiger partial charge in [-0.1, -0.05) is 31.4 Å². The fraction of sp³-hybridized carbons (Fsp3) is 0.609. The van der Waals surface area contributed by atoms with E-state index in [1.165, 1.54) is 6.42 Å². The molecule has 1 saturated heterocycles. The number of nitriles is 1. The molecule has 1 heterocycles. The van der Waals surface area contributed by atoms with Crippen molar-refractivity contribution < 1.29 is 9.59 Å². The van der Waals surface area contributed by atoms with Crippen LogP contribution in [0.1, 0.15) is 56.1 Å². The fourth-order valence-corrected chi connectivity index (χ4v) is 4.79. The van der Waals surface area contributed by atoms with E-state index in [-0.39, 0.29) is 17.9 Å². The first kappa shape index (κ1) is 21.3. The molecule has 3 rings (SSSR count). The van der Waals surface area contributed by atoms with Crippen LogP contribution in [0.5, 0.6) is 0 Å². The van der Waals surface area contributed by atoms with Gasteiger partial charge in [-0.2, -0.15) is 5.26 Å². The van der Waals surface area contributed by atoms with Gasteiger partial charge in [0.25, 0.3) is 0 Å². The lowest BCUT2D eigenvalue weighted by atomic mass is 9.78. The van der Waals surface area contributed by atoms with Gasteiger partial charge < -0.3 is 16.0 Å². The number of rotatable bonds is 7. The molecular weight excluding hydrogens is 364 g/mol. The Hall–Kier alpha value is -2.39. The highest BCUT2D eigenvalue weighted by atomic mass is 16.2. The van der Waals surface area contributed by atoms with E-state index in [1.54, 1.807) is 12.1 Å². The van der Waals surface area contributed by atoms with E-state index in [0.717, 1.165) is 57.2 Å². The van der Waals surface area contributed by atoms with E-state index in [0.29, 0.717) is 18.5 Å². The number of carbonyl (C=O) groups is 2.